The highest BCUT2D eigenvalue weighted by Gasteiger charge is 2.09. The Hall–Kier alpha value is -3.10. The van der Waals surface area contributed by atoms with Crippen LogP contribution in [-0.4, -0.2) is 61.4 Å². The lowest BCUT2D eigenvalue weighted by molar-refractivity contribution is 0.224. The summed E-state index contributed by atoms with van der Waals surface area (Å²) in [5.41, 5.74) is 3.87. The van der Waals surface area contributed by atoms with Gasteiger partial charge in [0.15, 0.2) is 0 Å². The van der Waals surface area contributed by atoms with Crippen molar-refractivity contribution in [3.63, 3.8) is 0 Å². The van der Waals surface area contributed by atoms with Gasteiger partial charge in [0, 0.05) is 11.4 Å². The predicted molar refractivity (Wildman–Crippen MR) is 191 cm³/mol. The van der Waals surface area contributed by atoms with E-state index in [0.29, 0.717) is 13.3 Å². The lowest BCUT2D eigenvalue weighted by Gasteiger charge is -2.22. The Morgan fingerprint density at radius 2 is 0.844 bits per heavy atom. The Morgan fingerprint density at radius 3 is 1.20 bits per heavy atom. The lowest BCUT2D eigenvalue weighted by Crippen LogP contribution is -2.40. The zero-order chi connectivity index (χ0) is 32.5. The van der Waals surface area contributed by atoms with Crippen molar-refractivity contribution < 1.29 is 9.59 Å². The molecule has 2 rings (SSSR count). The smallest absolute Gasteiger partial charge is 0.320 e. The molecule has 2 aromatic carbocycles. The maximum Gasteiger partial charge on any atom is 0.320 e. The summed E-state index contributed by atoms with van der Waals surface area (Å²) in [5, 5.41) is 12.0. The Kier molecular flexibility index (Phi) is 20.5. The van der Waals surface area contributed by atoms with E-state index in [1.165, 1.54) is 51.4 Å². The van der Waals surface area contributed by atoms with Crippen LogP contribution in [0.15, 0.2) is 48.5 Å². The number of carbonyl (C=O) groups excluding carboxylic acids is 2. The highest BCUT2D eigenvalue weighted by molar-refractivity contribution is 5.89. The van der Waals surface area contributed by atoms with E-state index in [2.05, 4.69) is 58.8 Å². The summed E-state index contributed by atoms with van der Waals surface area (Å²) >= 11 is 0. The molecule has 0 aliphatic rings. The third kappa shape index (κ3) is 17.8. The quantitative estimate of drug-likeness (QED) is 0.0696. The highest BCUT2D eigenvalue weighted by Crippen LogP contribution is 2.16. The third-order valence-electron chi connectivity index (χ3n) is 8.07. The molecule has 0 heterocycles. The Bertz CT molecular complexity index is 960. The normalized spacial score (nSPS) is 11.2. The molecule has 0 radical (unpaired) electrons. The van der Waals surface area contributed by atoms with Crippen LogP contribution < -0.4 is 21.3 Å². The molecule has 0 saturated heterocycles. The fraction of sp³-hybridized carbons (Fsp3) is 0.622. The van der Waals surface area contributed by atoms with Crippen molar-refractivity contribution in [3.8, 4) is 0 Å². The average molecular weight is 623 g/mol. The maximum absolute atomic E-state index is 12.5. The molecule has 0 saturated carbocycles. The Balaban J connectivity index is 1.76. The lowest BCUT2D eigenvalue weighted by atomic mass is 10.0. The summed E-state index contributed by atoms with van der Waals surface area (Å²) < 4.78 is 0. The number of carbonyl (C=O) groups is 2. The molecule has 0 aliphatic heterocycles. The van der Waals surface area contributed by atoms with Gasteiger partial charge in [-0.1, -0.05) is 103 Å². The molecule has 8 nitrogen and oxygen atoms in total. The maximum atomic E-state index is 12.5. The minimum Gasteiger partial charge on any atom is -0.325 e. The van der Waals surface area contributed by atoms with Crippen LogP contribution in [0, 0.1) is 0 Å². The molecule has 252 valence electrons. The van der Waals surface area contributed by atoms with Gasteiger partial charge in [-0.05, 0) is 93.7 Å². The number of benzene rings is 2. The van der Waals surface area contributed by atoms with Crippen molar-refractivity contribution in [1.29, 1.82) is 0 Å². The van der Waals surface area contributed by atoms with Gasteiger partial charge in [-0.15, -0.1) is 0 Å². The zero-order valence-electron chi connectivity index (χ0n) is 28.8. The van der Waals surface area contributed by atoms with Gasteiger partial charge in [0.2, 0.25) is 0 Å². The topological polar surface area (TPSA) is 88.7 Å². The minimum absolute atomic E-state index is 0.175. The third-order valence-corrected chi connectivity index (χ3v) is 8.07. The van der Waals surface area contributed by atoms with Crippen molar-refractivity contribution in [2.24, 2.45) is 0 Å². The van der Waals surface area contributed by atoms with Gasteiger partial charge in [-0.3, -0.25) is 9.80 Å². The molecule has 4 amide bonds. The van der Waals surface area contributed by atoms with Crippen LogP contribution in [0.1, 0.15) is 116 Å². The van der Waals surface area contributed by atoms with E-state index < -0.39 is 0 Å². The van der Waals surface area contributed by atoms with Gasteiger partial charge in [-0.2, -0.15) is 0 Å². The van der Waals surface area contributed by atoms with Crippen LogP contribution in [0.3, 0.4) is 0 Å². The number of rotatable bonds is 24. The van der Waals surface area contributed by atoms with E-state index >= 15 is 0 Å². The van der Waals surface area contributed by atoms with E-state index in [4.69, 9.17) is 0 Å². The summed E-state index contributed by atoms with van der Waals surface area (Å²) in [6.07, 6.45) is 15.2. The number of nitrogens with zero attached hydrogens (tertiary/aromatic N) is 2. The molecule has 0 fully saturated rings. The monoisotopic (exact) mass is 622 g/mol. The van der Waals surface area contributed by atoms with Crippen LogP contribution in [0.2, 0.25) is 0 Å². The zero-order valence-corrected chi connectivity index (χ0v) is 28.8. The molecule has 45 heavy (non-hydrogen) atoms. The first-order chi connectivity index (χ1) is 22.0. The number of unbranched alkanes of at least 4 members (excludes halogenated alkanes) is 8. The molecule has 0 bridgehead atoms. The molecule has 0 spiro atoms. The molecule has 0 aliphatic carbocycles. The summed E-state index contributed by atoms with van der Waals surface area (Å²) in [7, 11) is 0. The predicted octanol–water partition coefficient (Wildman–Crippen LogP) is 8.80. The van der Waals surface area contributed by atoms with Crippen LogP contribution in [0.4, 0.5) is 21.0 Å². The Morgan fingerprint density at radius 1 is 0.489 bits per heavy atom. The second-order valence-corrected chi connectivity index (χ2v) is 12.2. The number of amides is 4. The number of anilines is 2. The van der Waals surface area contributed by atoms with E-state index in [1.54, 1.807) is 0 Å². The van der Waals surface area contributed by atoms with Crippen LogP contribution in [-0.2, 0) is 6.42 Å². The number of hydrogen-bond acceptors (Lipinski definition) is 4. The molecule has 0 atom stereocenters. The Labute approximate surface area is 274 Å². The van der Waals surface area contributed by atoms with E-state index in [1.807, 2.05) is 48.5 Å². The summed E-state index contributed by atoms with van der Waals surface area (Å²) in [6.45, 7) is 14.1. The summed E-state index contributed by atoms with van der Waals surface area (Å²) in [4.78, 5) is 29.8. The second-order valence-electron chi connectivity index (χ2n) is 12.2. The SMILES string of the molecule is CCCCCCN(CCCC)CNC(=O)Nc1ccc(Cc2ccc(NC(=O)NCN(CCCC)CCCCCC)cc2)cc1. The molecule has 4 N–H and O–H groups in total. The van der Waals surface area contributed by atoms with Gasteiger partial charge < -0.3 is 21.3 Å². The van der Waals surface area contributed by atoms with Gasteiger partial charge >= 0.3 is 12.1 Å². The first-order valence-corrected chi connectivity index (χ1v) is 17.7. The first-order valence-electron chi connectivity index (χ1n) is 17.7. The van der Waals surface area contributed by atoms with Gasteiger partial charge in [0.1, 0.15) is 0 Å². The molecular formula is C37H62N6O2. The largest absolute Gasteiger partial charge is 0.325 e. The van der Waals surface area contributed by atoms with Crippen LogP contribution >= 0.6 is 0 Å². The summed E-state index contributed by atoms with van der Waals surface area (Å²) in [6, 6.07) is 15.6. The average Bonchev–Trinajstić information content (AvgIpc) is 3.05. The number of urea groups is 2. The molecule has 2 aromatic rings. The fourth-order valence-electron chi connectivity index (χ4n) is 5.19. The van der Waals surface area contributed by atoms with Gasteiger partial charge in [-0.25, -0.2) is 9.59 Å². The standard InChI is InChI=1S/C37H62N6O2/c1-5-9-13-15-27-42(25-11-7-3)30-38-36(44)40-34-21-17-32(18-22-34)29-33-19-23-35(24-20-33)41-37(45)39-31-43(26-12-8-4)28-16-14-10-6-2/h17-24H,5-16,25-31H2,1-4H3,(H2,38,40,44)(H2,39,41,45). The fourth-order valence-corrected chi connectivity index (χ4v) is 5.19. The number of nitrogens with one attached hydrogen (secondary N) is 4. The van der Waals surface area contributed by atoms with Crippen molar-refractivity contribution >= 4 is 23.4 Å². The molecule has 8 heteroatoms. The van der Waals surface area contributed by atoms with E-state index in [-0.39, 0.29) is 12.1 Å². The van der Waals surface area contributed by atoms with E-state index in [9.17, 15) is 9.59 Å². The first kappa shape index (κ1) is 38.1. The van der Waals surface area contributed by atoms with Crippen molar-refractivity contribution in [2.45, 2.75) is 111 Å². The minimum atomic E-state index is -0.175. The summed E-state index contributed by atoms with van der Waals surface area (Å²) in [5.74, 6) is 0. The number of hydrogen-bond donors (Lipinski definition) is 4. The highest BCUT2D eigenvalue weighted by atomic mass is 16.2. The molecular weight excluding hydrogens is 560 g/mol. The van der Waals surface area contributed by atoms with Crippen molar-refractivity contribution in [2.75, 3.05) is 50.1 Å². The van der Waals surface area contributed by atoms with Crippen molar-refractivity contribution in [3.05, 3.63) is 59.7 Å². The van der Waals surface area contributed by atoms with Crippen LogP contribution in [0.25, 0.3) is 0 Å². The second kappa shape index (κ2) is 24.2. The molecule has 0 unspecified atom stereocenters. The molecule has 0 aromatic heterocycles. The van der Waals surface area contributed by atoms with Gasteiger partial charge in [0.25, 0.3) is 0 Å². The van der Waals surface area contributed by atoms with Gasteiger partial charge in [0.05, 0.1) is 13.3 Å². The van der Waals surface area contributed by atoms with Crippen LogP contribution in [0.5, 0.6) is 0 Å². The van der Waals surface area contributed by atoms with Crippen molar-refractivity contribution in [1.82, 2.24) is 20.4 Å². The van der Waals surface area contributed by atoms with E-state index in [0.717, 1.165) is 80.8 Å².